The van der Waals surface area contributed by atoms with Gasteiger partial charge in [0, 0.05) is 11.1 Å². The van der Waals surface area contributed by atoms with Gasteiger partial charge >= 0.3 is 11.9 Å². The van der Waals surface area contributed by atoms with Crippen molar-refractivity contribution in [2.45, 2.75) is 6.92 Å². The maximum atomic E-state index is 12.6. The topological polar surface area (TPSA) is 78.6 Å². The number of carbonyl (C=O) groups excluding carboxylic acids is 2. The first-order valence-electron chi connectivity index (χ1n) is 8.06. The second-order valence-electron chi connectivity index (χ2n) is 5.39. The van der Waals surface area contributed by atoms with Gasteiger partial charge in [-0.3, -0.25) is 0 Å². The van der Waals surface area contributed by atoms with Crippen molar-refractivity contribution >= 4 is 11.9 Å². The number of hydrogen-bond acceptors (Lipinski definition) is 6. The SMILES string of the molecule is CCOC(=O)c1c(-c2cccc(C(=O)OC)c2)noc1-c1ccccc1. The molecule has 0 spiro atoms. The summed E-state index contributed by atoms with van der Waals surface area (Å²) in [5.74, 6) is -0.690. The number of rotatable bonds is 5. The average molecular weight is 351 g/mol. The molecule has 6 nitrogen and oxygen atoms in total. The van der Waals surface area contributed by atoms with E-state index >= 15 is 0 Å². The van der Waals surface area contributed by atoms with Gasteiger partial charge in [-0.1, -0.05) is 47.6 Å². The van der Waals surface area contributed by atoms with Crippen LogP contribution in [0.1, 0.15) is 27.6 Å². The van der Waals surface area contributed by atoms with E-state index in [1.165, 1.54) is 7.11 Å². The first-order valence-corrected chi connectivity index (χ1v) is 8.06. The minimum absolute atomic E-state index is 0.222. The second kappa shape index (κ2) is 7.65. The second-order valence-corrected chi connectivity index (χ2v) is 5.39. The number of aromatic nitrogens is 1. The Balaban J connectivity index is 2.15. The summed E-state index contributed by atoms with van der Waals surface area (Å²) in [6, 6.07) is 15.8. The molecule has 0 aliphatic carbocycles. The van der Waals surface area contributed by atoms with E-state index in [2.05, 4.69) is 5.16 Å². The molecule has 3 rings (SSSR count). The Labute approximate surface area is 150 Å². The largest absolute Gasteiger partial charge is 0.465 e. The van der Waals surface area contributed by atoms with E-state index in [1.54, 1.807) is 31.2 Å². The van der Waals surface area contributed by atoms with Crippen LogP contribution in [0.15, 0.2) is 59.1 Å². The molecule has 0 saturated heterocycles. The highest BCUT2D eigenvalue weighted by atomic mass is 16.5. The van der Waals surface area contributed by atoms with Crippen molar-refractivity contribution in [3.63, 3.8) is 0 Å². The zero-order valence-corrected chi connectivity index (χ0v) is 14.4. The van der Waals surface area contributed by atoms with Gasteiger partial charge in [0.15, 0.2) is 5.76 Å². The third kappa shape index (κ3) is 3.35. The van der Waals surface area contributed by atoms with Crippen LogP contribution in [0, 0.1) is 0 Å². The predicted octanol–water partition coefficient (Wildman–Crippen LogP) is 3.97. The first kappa shape index (κ1) is 17.4. The van der Waals surface area contributed by atoms with Crippen LogP contribution in [0.25, 0.3) is 22.6 Å². The Morgan fingerprint density at radius 1 is 1.00 bits per heavy atom. The van der Waals surface area contributed by atoms with E-state index < -0.39 is 11.9 Å². The maximum absolute atomic E-state index is 12.6. The highest BCUT2D eigenvalue weighted by molar-refractivity contribution is 6.02. The summed E-state index contributed by atoms with van der Waals surface area (Å²) < 4.78 is 15.4. The molecule has 1 aromatic heterocycles. The predicted molar refractivity (Wildman–Crippen MR) is 94.7 cm³/mol. The van der Waals surface area contributed by atoms with Crippen LogP contribution in [0.3, 0.4) is 0 Å². The third-order valence-electron chi connectivity index (χ3n) is 3.76. The summed E-state index contributed by atoms with van der Waals surface area (Å²) in [5.41, 5.74) is 2.15. The minimum atomic E-state index is -0.536. The van der Waals surface area contributed by atoms with Crippen molar-refractivity contribution in [3.05, 3.63) is 65.7 Å². The molecule has 2 aromatic carbocycles. The molecular weight excluding hydrogens is 334 g/mol. The summed E-state index contributed by atoms with van der Waals surface area (Å²) in [4.78, 5) is 24.3. The molecule has 3 aromatic rings. The highest BCUT2D eigenvalue weighted by Crippen LogP contribution is 2.33. The van der Waals surface area contributed by atoms with Gasteiger partial charge < -0.3 is 14.0 Å². The summed E-state index contributed by atoms with van der Waals surface area (Å²) in [5, 5.41) is 4.06. The number of carbonyl (C=O) groups is 2. The van der Waals surface area contributed by atoms with Crippen LogP contribution in [0.4, 0.5) is 0 Å². The van der Waals surface area contributed by atoms with E-state index in [4.69, 9.17) is 14.0 Å². The number of hydrogen-bond donors (Lipinski definition) is 0. The van der Waals surface area contributed by atoms with Gasteiger partial charge in [0.2, 0.25) is 0 Å². The lowest BCUT2D eigenvalue weighted by molar-refractivity contribution is 0.0526. The number of methoxy groups -OCH3 is 1. The Morgan fingerprint density at radius 3 is 2.42 bits per heavy atom. The quantitative estimate of drug-likeness (QED) is 0.647. The molecule has 0 fully saturated rings. The van der Waals surface area contributed by atoms with Crippen LogP contribution < -0.4 is 0 Å². The zero-order valence-electron chi connectivity index (χ0n) is 14.4. The fourth-order valence-electron chi connectivity index (χ4n) is 2.58. The molecule has 0 saturated carbocycles. The Hall–Kier alpha value is -3.41. The van der Waals surface area contributed by atoms with Gasteiger partial charge in [0.25, 0.3) is 0 Å². The van der Waals surface area contributed by atoms with Crippen molar-refractivity contribution in [2.75, 3.05) is 13.7 Å². The van der Waals surface area contributed by atoms with Crippen molar-refractivity contribution in [3.8, 4) is 22.6 Å². The molecular formula is C20H17NO5. The van der Waals surface area contributed by atoms with E-state index in [0.29, 0.717) is 28.1 Å². The fourth-order valence-corrected chi connectivity index (χ4v) is 2.58. The summed E-state index contributed by atoms with van der Waals surface area (Å²) in [7, 11) is 1.31. The number of esters is 2. The van der Waals surface area contributed by atoms with Gasteiger partial charge in [-0.25, -0.2) is 9.59 Å². The molecule has 0 N–H and O–H groups in total. The molecule has 0 aliphatic heterocycles. The molecule has 26 heavy (non-hydrogen) atoms. The van der Waals surface area contributed by atoms with Gasteiger partial charge in [0.05, 0.1) is 19.3 Å². The molecule has 0 radical (unpaired) electrons. The van der Waals surface area contributed by atoms with Crippen LogP contribution in [-0.2, 0) is 9.47 Å². The Morgan fingerprint density at radius 2 is 1.73 bits per heavy atom. The van der Waals surface area contributed by atoms with Crippen LogP contribution in [0.2, 0.25) is 0 Å². The molecule has 0 unspecified atom stereocenters. The lowest BCUT2D eigenvalue weighted by Crippen LogP contribution is -2.07. The normalized spacial score (nSPS) is 10.4. The van der Waals surface area contributed by atoms with E-state index in [0.717, 1.165) is 0 Å². The first-order chi connectivity index (χ1) is 12.7. The van der Waals surface area contributed by atoms with Crippen LogP contribution >= 0.6 is 0 Å². The Kier molecular flexibility index (Phi) is 5.12. The average Bonchev–Trinajstić information content (AvgIpc) is 3.13. The number of benzene rings is 2. The monoisotopic (exact) mass is 351 g/mol. The van der Waals surface area contributed by atoms with Gasteiger partial charge in [-0.2, -0.15) is 0 Å². The summed E-state index contributed by atoms with van der Waals surface area (Å²) >= 11 is 0. The smallest absolute Gasteiger partial charge is 0.344 e. The molecule has 1 heterocycles. The lowest BCUT2D eigenvalue weighted by Gasteiger charge is -2.05. The fraction of sp³-hybridized carbons (Fsp3) is 0.150. The minimum Gasteiger partial charge on any atom is -0.465 e. The third-order valence-corrected chi connectivity index (χ3v) is 3.76. The molecule has 0 bridgehead atoms. The van der Waals surface area contributed by atoms with Crippen molar-refractivity contribution in [1.29, 1.82) is 0 Å². The maximum Gasteiger partial charge on any atom is 0.344 e. The van der Waals surface area contributed by atoms with Gasteiger partial charge in [-0.05, 0) is 19.1 Å². The van der Waals surface area contributed by atoms with E-state index in [1.807, 2.05) is 30.3 Å². The molecule has 0 atom stereocenters. The van der Waals surface area contributed by atoms with Crippen molar-refractivity contribution in [2.24, 2.45) is 0 Å². The molecule has 6 heteroatoms. The van der Waals surface area contributed by atoms with Crippen molar-refractivity contribution in [1.82, 2.24) is 5.16 Å². The summed E-state index contributed by atoms with van der Waals surface area (Å²) in [6.07, 6.45) is 0. The number of ether oxygens (including phenoxy) is 2. The molecule has 0 amide bonds. The van der Waals surface area contributed by atoms with Crippen LogP contribution in [-0.4, -0.2) is 30.8 Å². The van der Waals surface area contributed by atoms with Crippen LogP contribution in [0.5, 0.6) is 0 Å². The highest BCUT2D eigenvalue weighted by Gasteiger charge is 2.26. The Bertz CT molecular complexity index is 930. The molecule has 0 aliphatic rings. The zero-order chi connectivity index (χ0) is 18.5. The van der Waals surface area contributed by atoms with Gasteiger partial charge in [0.1, 0.15) is 11.3 Å². The van der Waals surface area contributed by atoms with Gasteiger partial charge in [-0.15, -0.1) is 0 Å². The number of nitrogens with zero attached hydrogens (tertiary/aromatic N) is 1. The molecule has 132 valence electrons. The van der Waals surface area contributed by atoms with E-state index in [9.17, 15) is 9.59 Å². The lowest BCUT2D eigenvalue weighted by atomic mass is 10.0. The van der Waals surface area contributed by atoms with Crippen molar-refractivity contribution < 1.29 is 23.6 Å². The summed E-state index contributed by atoms with van der Waals surface area (Å²) in [6.45, 7) is 1.95. The van der Waals surface area contributed by atoms with E-state index in [-0.39, 0.29) is 12.2 Å². The standard InChI is InChI=1S/C20H17NO5/c1-3-25-20(23)16-17(14-10-7-11-15(12-14)19(22)24-2)21-26-18(16)13-8-5-4-6-9-13/h4-12H,3H2,1-2H3.